The summed E-state index contributed by atoms with van der Waals surface area (Å²) < 4.78 is 0. The summed E-state index contributed by atoms with van der Waals surface area (Å²) in [5.74, 6) is 0. The molecule has 5 aromatic carbocycles. The Bertz CT molecular complexity index is 2060. The van der Waals surface area contributed by atoms with Crippen LogP contribution in [-0.2, 0) is 22.7 Å². The Labute approximate surface area is 288 Å². The normalized spacial score (nSPS) is 17.3. The maximum absolute atomic E-state index is 4.72. The quantitative estimate of drug-likeness (QED) is 0.192. The summed E-state index contributed by atoms with van der Waals surface area (Å²) >= 11 is 0. The second kappa shape index (κ2) is 11.7. The van der Waals surface area contributed by atoms with Crippen LogP contribution in [0.15, 0.2) is 146 Å². The van der Waals surface area contributed by atoms with Crippen molar-refractivity contribution in [2.45, 2.75) is 71.1 Å². The zero-order chi connectivity index (χ0) is 33.8. The van der Waals surface area contributed by atoms with Gasteiger partial charge in [-0.25, -0.2) is 0 Å². The van der Waals surface area contributed by atoms with Gasteiger partial charge in [-0.3, -0.25) is 0 Å². The number of benzene rings is 5. The maximum atomic E-state index is 4.72. The first-order valence-corrected chi connectivity index (χ1v) is 17.3. The fourth-order valence-corrected chi connectivity index (χ4v) is 8.20. The molecule has 7 rings (SSSR count). The first-order chi connectivity index (χ1) is 22.9. The fourth-order valence-electron chi connectivity index (χ4n) is 8.20. The molecule has 48 heavy (non-hydrogen) atoms. The molecular weight excluding hydrogens is 579 g/mol. The van der Waals surface area contributed by atoms with E-state index in [4.69, 9.17) is 6.58 Å². The molecule has 1 heteroatoms. The molecule has 0 spiro atoms. The number of allylic oxidation sites excluding steroid dienone is 5. The highest BCUT2D eigenvalue weighted by molar-refractivity contribution is 5.96. The van der Waals surface area contributed by atoms with Crippen LogP contribution in [0.4, 0.5) is 17.1 Å². The van der Waals surface area contributed by atoms with Crippen LogP contribution in [0.3, 0.4) is 0 Å². The number of hydrogen-bond donors (Lipinski definition) is 0. The summed E-state index contributed by atoms with van der Waals surface area (Å²) in [6.45, 7) is 21.5. The highest BCUT2D eigenvalue weighted by atomic mass is 15.2. The lowest BCUT2D eigenvalue weighted by molar-refractivity contribution is 0.570. The second-order valence-corrected chi connectivity index (χ2v) is 15.5. The Balaban J connectivity index is 1.67. The van der Waals surface area contributed by atoms with Crippen LogP contribution in [0, 0.1) is 0 Å². The van der Waals surface area contributed by atoms with Gasteiger partial charge in [0.2, 0.25) is 0 Å². The highest BCUT2D eigenvalue weighted by Gasteiger charge is 2.46. The number of fused-ring (bicyclic) bond motifs is 4. The Hall–Kier alpha value is -4.88. The van der Waals surface area contributed by atoms with E-state index in [1.807, 2.05) is 0 Å². The topological polar surface area (TPSA) is 3.24 Å². The van der Waals surface area contributed by atoms with E-state index >= 15 is 0 Å². The van der Waals surface area contributed by atoms with Gasteiger partial charge in [0, 0.05) is 22.2 Å². The van der Waals surface area contributed by atoms with Crippen molar-refractivity contribution in [3.05, 3.63) is 173 Å². The molecule has 0 fully saturated rings. The molecule has 0 unspecified atom stereocenters. The van der Waals surface area contributed by atoms with E-state index in [2.05, 4.69) is 187 Å². The summed E-state index contributed by atoms with van der Waals surface area (Å²) in [5.41, 5.74) is 16.2. The Morgan fingerprint density at radius 3 is 1.88 bits per heavy atom. The summed E-state index contributed by atoms with van der Waals surface area (Å²) in [4.78, 5) is 2.55. The molecule has 1 nitrogen and oxygen atoms in total. The molecule has 2 aliphatic carbocycles. The average molecular weight is 626 g/mol. The largest absolute Gasteiger partial charge is 0.310 e. The summed E-state index contributed by atoms with van der Waals surface area (Å²) in [5, 5.41) is 0. The predicted molar refractivity (Wildman–Crippen MR) is 207 cm³/mol. The third kappa shape index (κ3) is 5.08. The van der Waals surface area contributed by atoms with Gasteiger partial charge in [0.25, 0.3) is 0 Å². The number of anilines is 3. The highest BCUT2D eigenvalue weighted by Crippen LogP contribution is 2.61. The van der Waals surface area contributed by atoms with Crippen LogP contribution in [-0.4, -0.2) is 0 Å². The number of para-hydroxylation sites is 1. The zero-order valence-electron chi connectivity index (χ0n) is 29.6. The second-order valence-electron chi connectivity index (χ2n) is 15.5. The van der Waals surface area contributed by atoms with Gasteiger partial charge in [-0.05, 0) is 91.7 Å². The van der Waals surface area contributed by atoms with Crippen LogP contribution in [0.1, 0.15) is 76.3 Å². The molecule has 240 valence electrons. The summed E-state index contributed by atoms with van der Waals surface area (Å²) in [6.07, 6.45) is 9.76. The van der Waals surface area contributed by atoms with Crippen LogP contribution in [0.2, 0.25) is 0 Å². The average Bonchev–Trinajstić information content (AvgIpc) is 3.33. The fraction of sp³-hybridized carbons (Fsp3) is 0.234. The van der Waals surface area contributed by atoms with Crippen molar-refractivity contribution >= 4 is 17.1 Å². The lowest BCUT2D eigenvalue weighted by Crippen LogP contribution is -2.31. The monoisotopic (exact) mass is 625 g/mol. The van der Waals surface area contributed by atoms with Gasteiger partial charge in [0.05, 0.1) is 5.69 Å². The van der Waals surface area contributed by atoms with Crippen molar-refractivity contribution in [2.75, 3.05) is 4.90 Å². The van der Waals surface area contributed by atoms with E-state index in [0.717, 1.165) is 23.4 Å². The molecule has 0 amide bonds. The molecule has 0 aliphatic heterocycles. The molecule has 0 atom stereocenters. The van der Waals surface area contributed by atoms with E-state index in [1.165, 1.54) is 55.8 Å². The van der Waals surface area contributed by atoms with Gasteiger partial charge in [-0.15, -0.1) is 0 Å². The number of nitrogens with zero attached hydrogens (tertiary/aromatic N) is 1. The Morgan fingerprint density at radius 1 is 0.625 bits per heavy atom. The van der Waals surface area contributed by atoms with Gasteiger partial charge in [0.1, 0.15) is 0 Å². The minimum Gasteiger partial charge on any atom is -0.310 e. The smallest absolute Gasteiger partial charge is 0.0552 e. The van der Waals surface area contributed by atoms with E-state index in [9.17, 15) is 0 Å². The molecule has 0 aromatic heterocycles. The van der Waals surface area contributed by atoms with Gasteiger partial charge >= 0.3 is 0 Å². The third-order valence-electron chi connectivity index (χ3n) is 10.6. The predicted octanol–water partition coefficient (Wildman–Crippen LogP) is 12.9. The Kier molecular flexibility index (Phi) is 7.71. The molecule has 0 saturated carbocycles. The standard InChI is InChI=1S/C47H47N/c1-32-20-12-9-17-26-38-41(45(2,3)4)40-37-25-18-19-27-39(37)47(7,8)43(40)44(42(38)46(32,5)6)48(35-23-15-11-16-24-35)36-30-28-34(29-31-36)33-21-13-10-14-22-33/h9-25,27-31H,1,26H2,2-8H3/b17-9-,20-12-. The lowest BCUT2D eigenvalue weighted by Gasteiger charge is -2.42. The van der Waals surface area contributed by atoms with Crippen LogP contribution >= 0.6 is 0 Å². The third-order valence-corrected chi connectivity index (χ3v) is 10.6. The van der Waals surface area contributed by atoms with Crippen molar-refractivity contribution in [3.8, 4) is 22.3 Å². The first kappa shape index (κ1) is 31.7. The van der Waals surface area contributed by atoms with Gasteiger partial charge in [0.15, 0.2) is 0 Å². The van der Waals surface area contributed by atoms with E-state index in [0.29, 0.717) is 0 Å². The van der Waals surface area contributed by atoms with Gasteiger partial charge < -0.3 is 4.90 Å². The van der Waals surface area contributed by atoms with E-state index in [1.54, 1.807) is 0 Å². The molecule has 5 aromatic rings. The zero-order valence-corrected chi connectivity index (χ0v) is 29.6. The summed E-state index contributed by atoms with van der Waals surface area (Å²) in [6, 6.07) is 39.9. The molecule has 0 saturated heterocycles. The SMILES string of the molecule is C=C1/C=C\C=C/Cc2c(C(C)(C)C)c3c(c(N(c4ccccc4)c4ccc(-c5ccccc5)cc4)c2C1(C)C)C(C)(C)c1ccccc1-3. The van der Waals surface area contributed by atoms with Crippen molar-refractivity contribution in [3.63, 3.8) is 0 Å². The van der Waals surface area contributed by atoms with Gasteiger partial charge in [-0.1, -0.05) is 164 Å². The molecule has 0 N–H and O–H groups in total. The van der Waals surface area contributed by atoms with Crippen molar-refractivity contribution in [2.24, 2.45) is 0 Å². The number of hydrogen-bond acceptors (Lipinski definition) is 1. The Morgan fingerprint density at radius 2 is 1.21 bits per heavy atom. The molecule has 0 bridgehead atoms. The van der Waals surface area contributed by atoms with Crippen LogP contribution < -0.4 is 4.90 Å². The van der Waals surface area contributed by atoms with E-state index in [-0.39, 0.29) is 16.2 Å². The minimum atomic E-state index is -0.357. The molecule has 2 aliphatic rings. The minimum absolute atomic E-state index is 0.0954. The van der Waals surface area contributed by atoms with E-state index < -0.39 is 0 Å². The van der Waals surface area contributed by atoms with Crippen LogP contribution in [0.5, 0.6) is 0 Å². The molecule has 0 heterocycles. The summed E-state index contributed by atoms with van der Waals surface area (Å²) in [7, 11) is 0. The number of rotatable bonds is 4. The van der Waals surface area contributed by atoms with Crippen molar-refractivity contribution in [1.29, 1.82) is 0 Å². The first-order valence-electron chi connectivity index (χ1n) is 17.3. The molecule has 0 radical (unpaired) electrons. The van der Waals surface area contributed by atoms with Crippen molar-refractivity contribution in [1.82, 2.24) is 0 Å². The van der Waals surface area contributed by atoms with Crippen LogP contribution in [0.25, 0.3) is 22.3 Å². The maximum Gasteiger partial charge on any atom is 0.0552 e. The van der Waals surface area contributed by atoms with Crippen molar-refractivity contribution < 1.29 is 0 Å². The molecular formula is C47H47N. The lowest BCUT2D eigenvalue weighted by atomic mass is 9.66. The van der Waals surface area contributed by atoms with Gasteiger partial charge in [-0.2, -0.15) is 0 Å².